The van der Waals surface area contributed by atoms with E-state index < -0.39 is 0 Å². The van der Waals surface area contributed by atoms with Crippen LogP contribution in [0.5, 0.6) is 11.5 Å². The number of hydrogen-bond acceptors (Lipinski definition) is 5. The maximum atomic E-state index is 12.2. The van der Waals surface area contributed by atoms with Gasteiger partial charge in [0.05, 0.1) is 23.4 Å². The number of rotatable bonds is 6. The van der Waals surface area contributed by atoms with Crippen LogP contribution in [0, 0.1) is 11.3 Å². The van der Waals surface area contributed by atoms with Crippen LogP contribution in [-0.2, 0) is 10.5 Å². The van der Waals surface area contributed by atoms with E-state index in [4.69, 9.17) is 14.7 Å². The molecular formula is C20H20N2O3S. The largest absolute Gasteiger partial charge is 0.486 e. The molecule has 5 nitrogen and oxygen atoms in total. The second-order valence-electron chi connectivity index (χ2n) is 5.99. The van der Waals surface area contributed by atoms with Crippen molar-refractivity contribution in [2.75, 3.05) is 19.0 Å². The van der Waals surface area contributed by atoms with Crippen molar-refractivity contribution in [3.63, 3.8) is 0 Å². The van der Waals surface area contributed by atoms with Gasteiger partial charge in [0.25, 0.3) is 0 Å². The summed E-state index contributed by atoms with van der Waals surface area (Å²) >= 11 is 1.55. The topological polar surface area (TPSA) is 71.4 Å². The van der Waals surface area contributed by atoms with Gasteiger partial charge in [0.1, 0.15) is 13.2 Å². The van der Waals surface area contributed by atoms with Gasteiger partial charge in [-0.1, -0.05) is 18.2 Å². The van der Waals surface area contributed by atoms with Crippen molar-refractivity contribution in [1.29, 1.82) is 5.26 Å². The van der Waals surface area contributed by atoms with Crippen LogP contribution in [0.3, 0.4) is 0 Å². The van der Waals surface area contributed by atoms with Crippen molar-refractivity contribution in [2.45, 2.75) is 18.7 Å². The number of nitrogens with one attached hydrogen (secondary N) is 1. The second-order valence-corrected chi connectivity index (χ2v) is 6.98. The molecule has 1 aliphatic heterocycles. The van der Waals surface area contributed by atoms with Gasteiger partial charge in [-0.2, -0.15) is 5.26 Å². The molecule has 1 aliphatic rings. The van der Waals surface area contributed by atoms with Crippen LogP contribution in [-0.4, -0.2) is 24.9 Å². The Balaban J connectivity index is 1.47. The van der Waals surface area contributed by atoms with Crippen molar-refractivity contribution >= 4 is 17.7 Å². The fourth-order valence-corrected chi connectivity index (χ4v) is 3.43. The monoisotopic (exact) mass is 368 g/mol. The Labute approximate surface area is 157 Å². The minimum atomic E-state index is -0.103. The number of thioether (sulfide) groups is 1. The minimum absolute atomic E-state index is 0.00830. The average Bonchev–Trinajstić information content (AvgIpc) is 2.68. The summed E-state index contributed by atoms with van der Waals surface area (Å²) in [6.45, 7) is 3.06. The fraction of sp³-hybridized carbons (Fsp3) is 0.300. The number of benzene rings is 2. The van der Waals surface area contributed by atoms with Crippen molar-refractivity contribution in [3.8, 4) is 17.6 Å². The zero-order valence-electron chi connectivity index (χ0n) is 14.5. The highest BCUT2D eigenvalue weighted by Gasteiger charge is 2.15. The van der Waals surface area contributed by atoms with Crippen LogP contribution in [0.2, 0.25) is 0 Å². The predicted octanol–water partition coefficient (Wildman–Crippen LogP) is 3.44. The molecule has 0 bridgehead atoms. The molecule has 134 valence electrons. The van der Waals surface area contributed by atoms with Gasteiger partial charge in [-0.05, 0) is 42.3 Å². The molecule has 0 aliphatic carbocycles. The van der Waals surface area contributed by atoms with E-state index >= 15 is 0 Å². The smallest absolute Gasteiger partial charge is 0.230 e. The Morgan fingerprint density at radius 1 is 1.19 bits per heavy atom. The lowest BCUT2D eigenvalue weighted by Gasteiger charge is -2.21. The summed E-state index contributed by atoms with van der Waals surface area (Å²) in [4.78, 5) is 12.2. The van der Waals surface area contributed by atoms with Gasteiger partial charge in [-0.3, -0.25) is 4.79 Å². The summed E-state index contributed by atoms with van der Waals surface area (Å²) in [6, 6.07) is 15.2. The van der Waals surface area contributed by atoms with E-state index in [0.717, 1.165) is 28.4 Å². The summed E-state index contributed by atoms with van der Waals surface area (Å²) in [6.07, 6.45) is 0. The summed E-state index contributed by atoms with van der Waals surface area (Å²) < 4.78 is 11.1. The van der Waals surface area contributed by atoms with Crippen LogP contribution < -0.4 is 14.8 Å². The number of nitrogens with zero attached hydrogens (tertiary/aromatic N) is 1. The van der Waals surface area contributed by atoms with Crippen LogP contribution >= 0.6 is 11.8 Å². The third-order valence-corrected chi connectivity index (χ3v) is 5.03. The summed E-state index contributed by atoms with van der Waals surface area (Å²) in [5.41, 5.74) is 2.73. The molecule has 1 unspecified atom stereocenters. The predicted molar refractivity (Wildman–Crippen MR) is 101 cm³/mol. The highest BCUT2D eigenvalue weighted by atomic mass is 32.2. The lowest BCUT2D eigenvalue weighted by atomic mass is 10.1. The lowest BCUT2D eigenvalue weighted by molar-refractivity contribution is -0.119. The van der Waals surface area contributed by atoms with Crippen molar-refractivity contribution in [3.05, 3.63) is 59.2 Å². The standard InChI is InChI=1S/C20H20N2O3S/c1-14(17-6-7-18-19(10-17)25-9-8-24-18)22-20(23)13-26-12-16-4-2-15(11-21)3-5-16/h2-7,10,14H,8-9,12-13H2,1H3,(H,22,23). The molecule has 26 heavy (non-hydrogen) atoms. The molecule has 0 saturated carbocycles. The summed E-state index contributed by atoms with van der Waals surface area (Å²) in [7, 11) is 0. The van der Waals surface area contributed by atoms with Crippen molar-refractivity contribution in [2.24, 2.45) is 0 Å². The Kier molecular flexibility index (Phi) is 6.03. The average molecular weight is 368 g/mol. The van der Waals surface area contributed by atoms with Gasteiger partial charge in [0, 0.05) is 5.75 Å². The van der Waals surface area contributed by atoms with E-state index in [1.807, 2.05) is 37.3 Å². The third kappa shape index (κ3) is 4.70. The highest BCUT2D eigenvalue weighted by Crippen LogP contribution is 2.32. The van der Waals surface area contributed by atoms with E-state index in [1.54, 1.807) is 23.9 Å². The molecule has 0 radical (unpaired) electrons. The first-order valence-corrected chi connectivity index (χ1v) is 9.57. The highest BCUT2D eigenvalue weighted by molar-refractivity contribution is 7.99. The van der Waals surface area contributed by atoms with Gasteiger partial charge in [-0.25, -0.2) is 0 Å². The van der Waals surface area contributed by atoms with Crippen LogP contribution in [0.15, 0.2) is 42.5 Å². The van der Waals surface area contributed by atoms with Crippen LogP contribution in [0.1, 0.15) is 29.7 Å². The van der Waals surface area contributed by atoms with Gasteiger partial charge < -0.3 is 14.8 Å². The molecule has 0 saturated heterocycles. The number of ether oxygens (including phenoxy) is 2. The third-order valence-electron chi connectivity index (χ3n) is 4.03. The number of fused-ring (bicyclic) bond motifs is 1. The maximum absolute atomic E-state index is 12.2. The van der Waals surface area contributed by atoms with Gasteiger partial charge >= 0.3 is 0 Å². The SMILES string of the molecule is CC(NC(=O)CSCc1ccc(C#N)cc1)c1ccc2c(c1)OCCO2. The van der Waals surface area contributed by atoms with Gasteiger partial charge in [-0.15, -0.1) is 11.8 Å². The number of carbonyl (C=O) groups is 1. The Morgan fingerprint density at radius 3 is 2.65 bits per heavy atom. The molecule has 0 aromatic heterocycles. The van der Waals surface area contributed by atoms with E-state index in [0.29, 0.717) is 24.5 Å². The number of hydrogen-bond donors (Lipinski definition) is 1. The van der Waals surface area contributed by atoms with E-state index in [9.17, 15) is 4.79 Å². The molecule has 1 N–H and O–H groups in total. The summed E-state index contributed by atoms with van der Waals surface area (Å²) in [5, 5.41) is 11.8. The zero-order chi connectivity index (χ0) is 18.4. The Bertz CT molecular complexity index is 815. The molecule has 2 aromatic carbocycles. The molecule has 0 spiro atoms. The number of amides is 1. The zero-order valence-corrected chi connectivity index (χ0v) is 15.3. The lowest BCUT2D eigenvalue weighted by Crippen LogP contribution is -2.28. The minimum Gasteiger partial charge on any atom is -0.486 e. The first-order chi connectivity index (χ1) is 12.7. The molecule has 3 rings (SSSR count). The van der Waals surface area contributed by atoms with E-state index in [-0.39, 0.29) is 11.9 Å². The van der Waals surface area contributed by atoms with Crippen molar-refractivity contribution < 1.29 is 14.3 Å². The molecule has 1 amide bonds. The first kappa shape index (κ1) is 18.2. The molecule has 2 aromatic rings. The van der Waals surface area contributed by atoms with E-state index in [1.165, 1.54) is 0 Å². The molecule has 0 fully saturated rings. The fourth-order valence-electron chi connectivity index (χ4n) is 2.63. The number of carbonyl (C=O) groups excluding carboxylic acids is 1. The Morgan fingerprint density at radius 2 is 1.92 bits per heavy atom. The maximum Gasteiger partial charge on any atom is 0.230 e. The van der Waals surface area contributed by atoms with Crippen LogP contribution in [0.25, 0.3) is 0 Å². The Hall–Kier alpha value is -2.65. The van der Waals surface area contributed by atoms with Crippen molar-refractivity contribution in [1.82, 2.24) is 5.32 Å². The number of nitriles is 1. The molecule has 6 heteroatoms. The quantitative estimate of drug-likeness (QED) is 0.846. The van der Waals surface area contributed by atoms with Crippen LogP contribution in [0.4, 0.5) is 0 Å². The normalized spacial score (nSPS) is 13.5. The summed E-state index contributed by atoms with van der Waals surface area (Å²) in [5.74, 6) is 2.58. The first-order valence-electron chi connectivity index (χ1n) is 8.41. The molecular weight excluding hydrogens is 348 g/mol. The van der Waals surface area contributed by atoms with Gasteiger partial charge in [0.2, 0.25) is 5.91 Å². The van der Waals surface area contributed by atoms with E-state index in [2.05, 4.69) is 11.4 Å². The molecule has 1 heterocycles. The van der Waals surface area contributed by atoms with Gasteiger partial charge in [0.15, 0.2) is 11.5 Å². The molecule has 1 atom stereocenters. The second kappa shape index (κ2) is 8.63.